The third kappa shape index (κ3) is 5.20. The molecule has 1 N–H and O–H groups in total. The Balaban J connectivity index is 1.38. The van der Waals surface area contributed by atoms with E-state index in [-0.39, 0.29) is 41.7 Å². The summed E-state index contributed by atoms with van der Waals surface area (Å²) in [4.78, 5) is 7.11. The second kappa shape index (κ2) is 9.47. The van der Waals surface area contributed by atoms with E-state index in [0.717, 1.165) is 12.1 Å². The summed E-state index contributed by atoms with van der Waals surface area (Å²) in [5, 5.41) is 5.56. The molecule has 1 aliphatic rings. The van der Waals surface area contributed by atoms with Crippen molar-refractivity contribution in [3.63, 3.8) is 0 Å². The van der Waals surface area contributed by atoms with E-state index >= 15 is 0 Å². The molecule has 202 valence electrons. The Morgan fingerprint density at radius 2 is 1.59 bits per heavy atom. The lowest BCUT2D eigenvalue weighted by Crippen LogP contribution is -2.22. The number of alkyl halides is 6. The Kier molecular flexibility index (Phi) is 6.39. The molecule has 39 heavy (non-hydrogen) atoms. The van der Waals surface area contributed by atoms with Crippen molar-refractivity contribution >= 4 is 6.21 Å². The second-order valence-corrected chi connectivity index (χ2v) is 8.68. The molecule has 1 aromatic heterocycles. The minimum atomic E-state index is -5.11. The molecule has 0 atom stereocenters. The predicted molar refractivity (Wildman–Crippen MR) is 123 cm³/mol. The first kappa shape index (κ1) is 26.3. The Morgan fingerprint density at radius 1 is 0.821 bits per heavy atom. The van der Waals surface area contributed by atoms with Crippen LogP contribution in [0, 0.1) is 17.5 Å². The number of rotatable bonds is 4. The summed E-state index contributed by atoms with van der Waals surface area (Å²) in [7, 11) is 0. The molecule has 0 saturated carbocycles. The number of aromatic nitrogens is 2. The number of hydrogen-bond donors (Lipinski definition) is 1. The summed E-state index contributed by atoms with van der Waals surface area (Å²) < 4.78 is 122. The Bertz CT molecular complexity index is 1590. The van der Waals surface area contributed by atoms with Crippen molar-refractivity contribution in [2.24, 2.45) is 5.10 Å². The van der Waals surface area contributed by atoms with Gasteiger partial charge in [-0.25, -0.2) is 18.2 Å². The molecule has 0 saturated heterocycles. The van der Waals surface area contributed by atoms with Gasteiger partial charge in [0.2, 0.25) is 0 Å². The van der Waals surface area contributed by atoms with Gasteiger partial charge in [0.05, 0.1) is 47.4 Å². The predicted octanol–water partition coefficient (Wildman–Crippen LogP) is 7.55. The molecular weight excluding hydrogens is 539 g/mol. The molecule has 0 unspecified atom stereocenters. The van der Waals surface area contributed by atoms with Gasteiger partial charge in [0.1, 0.15) is 11.6 Å². The van der Waals surface area contributed by atoms with E-state index in [1.54, 1.807) is 0 Å². The molecular formula is C26H15F9N4. The van der Waals surface area contributed by atoms with Crippen LogP contribution < -0.4 is 0 Å². The van der Waals surface area contributed by atoms with E-state index < -0.39 is 46.5 Å². The van der Waals surface area contributed by atoms with Crippen LogP contribution >= 0.6 is 0 Å². The van der Waals surface area contributed by atoms with Gasteiger partial charge in [-0.2, -0.15) is 31.4 Å². The van der Waals surface area contributed by atoms with Crippen molar-refractivity contribution in [1.82, 2.24) is 15.0 Å². The molecule has 1 aliphatic heterocycles. The number of hydrogen-bond acceptors (Lipinski definition) is 3. The highest BCUT2D eigenvalue weighted by atomic mass is 19.4. The lowest BCUT2D eigenvalue weighted by molar-refractivity contribution is -0.142. The van der Waals surface area contributed by atoms with E-state index in [1.807, 2.05) is 0 Å². The number of halogens is 9. The van der Waals surface area contributed by atoms with Gasteiger partial charge < -0.3 is 4.98 Å². The van der Waals surface area contributed by atoms with Crippen LogP contribution in [-0.4, -0.2) is 21.2 Å². The molecule has 0 aliphatic carbocycles. The second-order valence-electron chi connectivity index (χ2n) is 8.68. The topological polar surface area (TPSA) is 44.3 Å². The highest BCUT2D eigenvalue weighted by molar-refractivity contribution is 5.81. The average Bonchev–Trinajstić information content (AvgIpc) is 3.28. The number of imidazole rings is 1. The van der Waals surface area contributed by atoms with Crippen molar-refractivity contribution < 1.29 is 39.5 Å². The lowest BCUT2D eigenvalue weighted by atomic mass is 9.96. The zero-order chi connectivity index (χ0) is 28.1. The van der Waals surface area contributed by atoms with Crippen LogP contribution in [0.5, 0.6) is 0 Å². The maximum absolute atomic E-state index is 15.0. The molecule has 4 nitrogen and oxygen atoms in total. The van der Waals surface area contributed by atoms with E-state index in [4.69, 9.17) is 0 Å². The molecule has 0 radical (unpaired) electrons. The zero-order valence-corrected chi connectivity index (χ0v) is 19.4. The Morgan fingerprint density at radius 3 is 2.28 bits per heavy atom. The zero-order valence-electron chi connectivity index (χ0n) is 19.4. The summed E-state index contributed by atoms with van der Waals surface area (Å²) in [6.45, 7) is -0.0741. The molecule has 5 rings (SSSR count). The number of H-pyrrole nitrogens is 1. The fraction of sp³-hybridized carbons (Fsp3) is 0.154. The van der Waals surface area contributed by atoms with Gasteiger partial charge in [0, 0.05) is 5.56 Å². The number of nitrogens with zero attached hydrogens (tertiary/aromatic N) is 3. The van der Waals surface area contributed by atoms with Crippen LogP contribution in [0.25, 0.3) is 22.5 Å². The van der Waals surface area contributed by atoms with Gasteiger partial charge in [-0.05, 0) is 41.5 Å². The van der Waals surface area contributed by atoms with E-state index in [9.17, 15) is 39.5 Å². The van der Waals surface area contributed by atoms with Crippen molar-refractivity contribution in [3.8, 4) is 22.5 Å². The van der Waals surface area contributed by atoms with Crippen molar-refractivity contribution in [2.75, 3.05) is 0 Å². The fourth-order valence-electron chi connectivity index (χ4n) is 4.16. The first-order chi connectivity index (χ1) is 18.3. The quantitative estimate of drug-likeness (QED) is 0.265. The number of aromatic amines is 1. The minimum Gasteiger partial charge on any atom is -0.337 e. The number of benzene rings is 3. The molecule has 4 aromatic rings. The summed E-state index contributed by atoms with van der Waals surface area (Å²) in [6.07, 6.45) is -8.73. The van der Waals surface area contributed by atoms with E-state index in [0.29, 0.717) is 23.5 Å². The number of nitrogens with one attached hydrogen (secondary N) is 1. The molecule has 13 heteroatoms. The molecule has 0 amide bonds. The molecule has 0 spiro atoms. The largest absolute Gasteiger partial charge is 0.417 e. The third-order valence-corrected chi connectivity index (χ3v) is 6.07. The van der Waals surface area contributed by atoms with Crippen LogP contribution in [-0.2, 0) is 25.4 Å². The monoisotopic (exact) mass is 554 g/mol. The molecule has 0 bridgehead atoms. The summed E-state index contributed by atoms with van der Waals surface area (Å²) >= 11 is 0. The molecule has 2 heterocycles. The van der Waals surface area contributed by atoms with Crippen LogP contribution in [0.15, 0.2) is 59.7 Å². The number of hydrazone groups is 1. The van der Waals surface area contributed by atoms with Crippen LogP contribution in [0.4, 0.5) is 39.5 Å². The van der Waals surface area contributed by atoms with Crippen LogP contribution in [0.1, 0.15) is 28.1 Å². The Hall–Kier alpha value is -4.29. The van der Waals surface area contributed by atoms with Crippen molar-refractivity contribution in [1.29, 1.82) is 0 Å². The smallest absolute Gasteiger partial charge is 0.337 e. The summed E-state index contributed by atoms with van der Waals surface area (Å²) in [5.41, 5.74) is -3.06. The van der Waals surface area contributed by atoms with E-state index in [1.165, 1.54) is 35.5 Å². The normalized spacial score (nSPS) is 13.6. The molecule has 3 aromatic carbocycles. The van der Waals surface area contributed by atoms with Gasteiger partial charge >= 0.3 is 12.4 Å². The van der Waals surface area contributed by atoms with Gasteiger partial charge in [-0.1, -0.05) is 24.3 Å². The van der Waals surface area contributed by atoms with Crippen molar-refractivity contribution in [3.05, 3.63) is 100 Å². The van der Waals surface area contributed by atoms with E-state index in [2.05, 4.69) is 15.1 Å². The first-order valence-corrected chi connectivity index (χ1v) is 11.2. The lowest BCUT2D eigenvalue weighted by Gasteiger charge is -2.22. The SMILES string of the molecule is Fc1cc(-c2ccc(C(F)(F)F)cc2C(F)(F)F)ccc1CN1Cc2nc(-c3cccc(F)c3F)[nH]c2C=N1. The Labute approximate surface area is 214 Å². The van der Waals surface area contributed by atoms with Gasteiger partial charge in [0.15, 0.2) is 11.6 Å². The average molecular weight is 554 g/mol. The third-order valence-electron chi connectivity index (χ3n) is 6.07. The minimum absolute atomic E-state index is 0.00495. The van der Waals surface area contributed by atoms with Crippen LogP contribution in [0.3, 0.4) is 0 Å². The number of fused-ring (bicyclic) bond motifs is 1. The first-order valence-electron chi connectivity index (χ1n) is 11.2. The summed E-state index contributed by atoms with van der Waals surface area (Å²) in [5.74, 6) is -2.96. The van der Waals surface area contributed by atoms with Crippen LogP contribution in [0.2, 0.25) is 0 Å². The highest BCUT2D eigenvalue weighted by Gasteiger charge is 2.38. The summed E-state index contributed by atoms with van der Waals surface area (Å²) in [6, 6.07) is 7.99. The van der Waals surface area contributed by atoms with Crippen molar-refractivity contribution in [2.45, 2.75) is 25.4 Å². The maximum Gasteiger partial charge on any atom is 0.417 e. The molecule has 0 fully saturated rings. The fourth-order valence-corrected chi connectivity index (χ4v) is 4.16. The van der Waals surface area contributed by atoms with Gasteiger partial charge in [0.25, 0.3) is 0 Å². The van der Waals surface area contributed by atoms with Gasteiger partial charge in [-0.3, -0.25) is 5.01 Å². The highest BCUT2D eigenvalue weighted by Crippen LogP contribution is 2.41. The maximum atomic E-state index is 15.0. The van der Waals surface area contributed by atoms with Gasteiger partial charge in [-0.15, -0.1) is 0 Å². The standard InChI is InChI=1S/C26H15F9N4/c27-19-3-1-2-17(23(19)29)24-37-21-10-36-39(12-22(21)38-24)11-14-5-4-13(8-20(14)28)16-7-6-15(25(30,31)32)9-18(16)26(33,34)35/h1-10H,11-12H2,(H,37,38).